The SMILES string of the molecule is c1cc2c3c(ccc(-c4ccc(-c5ccc(-c6ccc(-c7ccc8c9c(cccc79)CC8)cc6)s5)cc4)c3c1)CC2. The van der Waals surface area contributed by atoms with Gasteiger partial charge in [0, 0.05) is 9.75 Å². The van der Waals surface area contributed by atoms with Crippen LogP contribution in [0.25, 0.3) is 64.7 Å². The van der Waals surface area contributed by atoms with E-state index >= 15 is 0 Å². The van der Waals surface area contributed by atoms with Crippen molar-refractivity contribution in [3.8, 4) is 43.1 Å². The van der Waals surface area contributed by atoms with Crippen LogP contribution in [0.1, 0.15) is 22.3 Å². The largest absolute Gasteiger partial charge is 0.135 e. The van der Waals surface area contributed by atoms with E-state index in [1.807, 2.05) is 11.3 Å². The smallest absolute Gasteiger partial charge is 0.0349 e. The Morgan fingerprint density at radius 2 is 0.732 bits per heavy atom. The lowest BCUT2D eigenvalue weighted by molar-refractivity contribution is 1.02. The van der Waals surface area contributed by atoms with E-state index in [2.05, 4.69) is 121 Å². The predicted molar refractivity (Wildman–Crippen MR) is 176 cm³/mol. The third-order valence-corrected chi connectivity index (χ3v) is 10.5. The minimum Gasteiger partial charge on any atom is -0.135 e. The maximum atomic E-state index is 2.34. The van der Waals surface area contributed by atoms with Crippen LogP contribution in [0.5, 0.6) is 0 Å². The molecule has 7 aromatic rings. The monoisotopic (exact) mass is 540 g/mol. The first-order chi connectivity index (χ1) is 20.3. The Morgan fingerprint density at radius 3 is 1.17 bits per heavy atom. The second-order valence-electron chi connectivity index (χ2n) is 11.5. The second kappa shape index (κ2) is 9.03. The Morgan fingerprint density at radius 1 is 0.341 bits per heavy atom. The summed E-state index contributed by atoms with van der Waals surface area (Å²) in [6.45, 7) is 0. The van der Waals surface area contributed by atoms with E-state index in [0.29, 0.717) is 0 Å². The molecule has 0 amide bonds. The van der Waals surface area contributed by atoms with E-state index in [-0.39, 0.29) is 0 Å². The summed E-state index contributed by atoms with van der Waals surface area (Å²) in [5.41, 5.74) is 13.8. The van der Waals surface area contributed by atoms with E-state index in [4.69, 9.17) is 0 Å². The molecule has 0 spiro atoms. The van der Waals surface area contributed by atoms with Gasteiger partial charge in [0.25, 0.3) is 0 Å². The summed E-state index contributed by atoms with van der Waals surface area (Å²) >= 11 is 1.87. The fourth-order valence-corrected chi connectivity index (χ4v) is 8.29. The maximum absolute atomic E-state index is 2.34. The molecule has 1 aromatic heterocycles. The van der Waals surface area contributed by atoms with Crippen LogP contribution in [0, 0.1) is 0 Å². The third-order valence-electron chi connectivity index (χ3n) is 9.32. The van der Waals surface area contributed by atoms with E-state index in [9.17, 15) is 0 Å². The van der Waals surface area contributed by atoms with Crippen molar-refractivity contribution in [2.75, 3.05) is 0 Å². The van der Waals surface area contributed by atoms with Crippen molar-refractivity contribution in [1.82, 2.24) is 0 Å². The van der Waals surface area contributed by atoms with Gasteiger partial charge in [0.2, 0.25) is 0 Å². The summed E-state index contributed by atoms with van der Waals surface area (Å²) in [6, 6.07) is 45.8. The molecule has 2 aliphatic carbocycles. The van der Waals surface area contributed by atoms with E-state index in [0.717, 1.165) is 0 Å². The molecule has 0 saturated carbocycles. The van der Waals surface area contributed by atoms with E-state index in [1.165, 1.54) is 113 Å². The molecule has 0 fully saturated rings. The van der Waals surface area contributed by atoms with Crippen LogP contribution in [-0.4, -0.2) is 0 Å². The number of thiophene rings is 1. The molecule has 41 heavy (non-hydrogen) atoms. The lowest BCUT2D eigenvalue weighted by Gasteiger charge is -2.10. The molecule has 0 bridgehead atoms. The Kier molecular flexibility index (Phi) is 5.12. The van der Waals surface area contributed by atoms with Crippen LogP contribution in [-0.2, 0) is 25.7 Å². The van der Waals surface area contributed by atoms with Crippen LogP contribution in [0.3, 0.4) is 0 Å². The highest BCUT2D eigenvalue weighted by Gasteiger charge is 2.18. The van der Waals surface area contributed by atoms with Gasteiger partial charge in [-0.25, -0.2) is 0 Å². The van der Waals surface area contributed by atoms with Gasteiger partial charge >= 0.3 is 0 Å². The standard InChI is InChI=1S/C40H28S/c1-3-29-15-17-31-19-21-33(35(5-1)39(29)31)25-7-11-27(12-8-25)37-23-24-38(41-37)28-13-9-26(10-14-28)34-22-20-32-18-16-30-4-2-6-36(34)40(30)32/h1-14,19-24H,15-18H2. The highest BCUT2D eigenvalue weighted by atomic mass is 32.1. The van der Waals surface area contributed by atoms with Crippen molar-refractivity contribution in [2.24, 2.45) is 0 Å². The van der Waals surface area contributed by atoms with E-state index in [1.54, 1.807) is 0 Å². The summed E-state index contributed by atoms with van der Waals surface area (Å²) in [4.78, 5) is 2.62. The molecule has 6 aromatic carbocycles. The van der Waals surface area contributed by atoms with Crippen molar-refractivity contribution < 1.29 is 0 Å². The van der Waals surface area contributed by atoms with Gasteiger partial charge in [-0.2, -0.15) is 0 Å². The van der Waals surface area contributed by atoms with Gasteiger partial charge in [0.1, 0.15) is 0 Å². The molecule has 1 heteroatoms. The van der Waals surface area contributed by atoms with Crippen molar-refractivity contribution in [2.45, 2.75) is 25.7 Å². The zero-order valence-corrected chi connectivity index (χ0v) is 23.6. The highest BCUT2D eigenvalue weighted by molar-refractivity contribution is 7.18. The average Bonchev–Trinajstić information content (AvgIpc) is 3.79. The molecule has 2 aliphatic rings. The van der Waals surface area contributed by atoms with Crippen molar-refractivity contribution in [3.63, 3.8) is 0 Å². The summed E-state index contributed by atoms with van der Waals surface area (Å²) in [7, 11) is 0. The maximum Gasteiger partial charge on any atom is 0.0349 e. The fraction of sp³-hybridized carbons (Fsp3) is 0.100. The third kappa shape index (κ3) is 3.66. The van der Waals surface area contributed by atoms with Gasteiger partial charge in [-0.05, 0) is 115 Å². The highest BCUT2D eigenvalue weighted by Crippen LogP contribution is 2.41. The molecule has 0 unspecified atom stereocenters. The van der Waals surface area contributed by atoms with Gasteiger partial charge < -0.3 is 0 Å². The number of aryl methyl sites for hydroxylation is 4. The van der Waals surface area contributed by atoms with Gasteiger partial charge in [-0.1, -0.05) is 109 Å². The normalized spacial score (nSPS) is 13.5. The fourth-order valence-electron chi connectivity index (χ4n) is 7.27. The quantitative estimate of drug-likeness (QED) is 0.208. The Balaban J connectivity index is 1.01. The van der Waals surface area contributed by atoms with Gasteiger partial charge in [0.05, 0.1) is 0 Å². The molecule has 194 valence electrons. The minimum atomic E-state index is 1.17. The second-order valence-corrected chi connectivity index (χ2v) is 12.6. The summed E-state index contributed by atoms with van der Waals surface area (Å²) in [6.07, 6.45) is 4.68. The number of hydrogen-bond donors (Lipinski definition) is 0. The Hall–Kier alpha value is -4.46. The Bertz CT molecular complexity index is 1950. The molecule has 0 aliphatic heterocycles. The predicted octanol–water partition coefficient (Wildman–Crippen LogP) is 10.9. The molecular formula is C40H28S. The van der Waals surface area contributed by atoms with Crippen LogP contribution in [0.2, 0.25) is 0 Å². The van der Waals surface area contributed by atoms with Gasteiger partial charge in [0.15, 0.2) is 0 Å². The first-order valence-electron chi connectivity index (χ1n) is 14.7. The molecule has 1 heterocycles. The van der Waals surface area contributed by atoms with E-state index < -0.39 is 0 Å². The summed E-state index contributed by atoms with van der Waals surface area (Å²) < 4.78 is 0. The zero-order chi connectivity index (χ0) is 26.9. The lowest BCUT2D eigenvalue weighted by atomic mass is 9.94. The number of benzene rings is 6. The molecule has 0 N–H and O–H groups in total. The first-order valence-corrected chi connectivity index (χ1v) is 15.5. The van der Waals surface area contributed by atoms with Crippen LogP contribution in [0.4, 0.5) is 0 Å². The van der Waals surface area contributed by atoms with Crippen LogP contribution >= 0.6 is 11.3 Å². The van der Waals surface area contributed by atoms with Crippen molar-refractivity contribution in [3.05, 3.63) is 144 Å². The molecular weight excluding hydrogens is 513 g/mol. The minimum absolute atomic E-state index is 1.17. The van der Waals surface area contributed by atoms with Crippen molar-refractivity contribution in [1.29, 1.82) is 0 Å². The molecule has 0 radical (unpaired) electrons. The van der Waals surface area contributed by atoms with Gasteiger partial charge in [-0.3, -0.25) is 0 Å². The molecule has 0 atom stereocenters. The number of hydrogen-bond acceptors (Lipinski definition) is 1. The van der Waals surface area contributed by atoms with Crippen molar-refractivity contribution >= 4 is 32.9 Å². The topological polar surface area (TPSA) is 0 Å². The van der Waals surface area contributed by atoms with Gasteiger partial charge in [-0.15, -0.1) is 11.3 Å². The number of rotatable bonds is 4. The Labute approximate surface area is 244 Å². The van der Waals surface area contributed by atoms with Crippen LogP contribution < -0.4 is 0 Å². The molecule has 0 nitrogen and oxygen atoms in total. The summed E-state index contributed by atoms with van der Waals surface area (Å²) in [5, 5.41) is 5.75. The lowest BCUT2D eigenvalue weighted by Crippen LogP contribution is -1.85. The summed E-state index contributed by atoms with van der Waals surface area (Å²) in [5.74, 6) is 0. The van der Waals surface area contributed by atoms with Crippen LogP contribution in [0.15, 0.2) is 121 Å². The zero-order valence-electron chi connectivity index (χ0n) is 22.8. The molecule has 9 rings (SSSR count). The average molecular weight is 541 g/mol. The first kappa shape index (κ1) is 23.3. The molecule has 0 saturated heterocycles.